The Morgan fingerprint density at radius 1 is 1.45 bits per heavy atom. The van der Waals surface area contributed by atoms with Crippen molar-refractivity contribution in [3.8, 4) is 0 Å². The summed E-state index contributed by atoms with van der Waals surface area (Å²) in [5.41, 5.74) is 2.37. The second-order valence-electron chi connectivity index (χ2n) is 4.85. The number of rotatable bonds is 5. The maximum Gasteiger partial charge on any atom is 0.195 e. The van der Waals surface area contributed by atoms with Crippen LogP contribution >= 0.6 is 11.3 Å². The summed E-state index contributed by atoms with van der Waals surface area (Å²) in [6.45, 7) is 1.60. The third-order valence-electron chi connectivity index (χ3n) is 3.22. The zero-order valence-corrected chi connectivity index (χ0v) is 12.7. The van der Waals surface area contributed by atoms with E-state index in [1.807, 2.05) is 31.2 Å². The van der Waals surface area contributed by atoms with Crippen LogP contribution in [0.4, 0.5) is 5.82 Å². The fourth-order valence-corrected chi connectivity index (χ4v) is 3.09. The van der Waals surface area contributed by atoms with Gasteiger partial charge in [-0.3, -0.25) is 9.08 Å². The lowest BCUT2D eigenvalue weighted by Gasteiger charge is -2.17. The van der Waals surface area contributed by atoms with Gasteiger partial charge in [0.2, 0.25) is 0 Å². The normalized spacial score (nSPS) is 11.3. The van der Waals surface area contributed by atoms with E-state index in [1.165, 1.54) is 11.3 Å². The number of anilines is 1. The molecular weight excluding hydrogens is 272 g/mol. The van der Waals surface area contributed by atoms with Crippen LogP contribution in [0.3, 0.4) is 0 Å². The number of nitrogens with one attached hydrogen (secondary N) is 1. The van der Waals surface area contributed by atoms with Gasteiger partial charge in [0.1, 0.15) is 0 Å². The van der Waals surface area contributed by atoms with Gasteiger partial charge in [0.15, 0.2) is 10.8 Å². The highest BCUT2D eigenvalue weighted by Crippen LogP contribution is 2.24. The summed E-state index contributed by atoms with van der Waals surface area (Å²) in [7, 11) is 5.96. The Labute approximate surface area is 121 Å². The molecule has 1 N–H and O–H groups in total. The van der Waals surface area contributed by atoms with Crippen LogP contribution in [0.25, 0.3) is 4.96 Å². The Balaban J connectivity index is 1.91. The van der Waals surface area contributed by atoms with Crippen molar-refractivity contribution in [1.82, 2.24) is 24.5 Å². The van der Waals surface area contributed by atoms with E-state index in [0.29, 0.717) is 0 Å². The van der Waals surface area contributed by atoms with Crippen LogP contribution in [-0.4, -0.2) is 33.3 Å². The zero-order valence-electron chi connectivity index (χ0n) is 11.9. The molecule has 0 fully saturated rings. The van der Waals surface area contributed by atoms with E-state index in [0.717, 1.165) is 23.9 Å². The summed E-state index contributed by atoms with van der Waals surface area (Å²) < 4.78 is 3.97. The number of aryl methyl sites for hydroxylation is 1. The topological polar surface area (TPSA) is 50.4 Å². The molecule has 0 aliphatic rings. The number of hydrogen-bond donors (Lipinski definition) is 1. The molecule has 0 unspecified atom stereocenters. The van der Waals surface area contributed by atoms with Crippen molar-refractivity contribution < 1.29 is 0 Å². The number of aromatic nitrogens is 4. The van der Waals surface area contributed by atoms with Gasteiger partial charge in [-0.25, -0.2) is 4.98 Å². The van der Waals surface area contributed by atoms with Crippen molar-refractivity contribution in [2.24, 2.45) is 7.05 Å². The lowest BCUT2D eigenvalue weighted by atomic mass is 10.3. The average molecular weight is 290 g/mol. The van der Waals surface area contributed by atoms with Crippen molar-refractivity contribution in [2.75, 3.05) is 19.0 Å². The molecule has 6 nitrogen and oxygen atoms in total. The van der Waals surface area contributed by atoms with E-state index < -0.39 is 0 Å². The van der Waals surface area contributed by atoms with Gasteiger partial charge in [-0.05, 0) is 7.05 Å². The molecular formula is C13H18N6S. The summed E-state index contributed by atoms with van der Waals surface area (Å²) in [5, 5.41) is 9.49. The van der Waals surface area contributed by atoms with Crippen LogP contribution in [0, 0.1) is 0 Å². The molecule has 3 rings (SSSR count). The first-order valence-corrected chi connectivity index (χ1v) is 7.34. The predicted octanol–water partition coefficient (Wildman–Crippen LogP) is 1.49. The Bertz CT molecular complexity index is 709. The van der Waals surface area contributed by atoms with Gasteiger partial charge >= 0.3 is 0 Å². The molecule has 0 aliphatic heterocycles. The molecule has 0 bridgehead atoms. The van der Waals surface area contributed by atoms with E-state index in [-0.39, 0.29) is 0 Å². The summed E-state index contributed by atoms with van der Waals surface area (Å²) in [4.78, 5) is 7.94. The minimum absolute atomic E-state index is 0.796. The SMILES string of the molecule is CNCc1c(N(C)Cc2cnn(C)c2)nc2sccn12. The third kappa shape index (κ3) is 2.30. The van der Waals surface area contributed by atoms with Gasteiger partial charge in [0.25, 0.3) is 0 Å². The van der Waals surface area contributed by atoms with Crippen LogP contribution in [0.15, 0.2) is 24.0 Å². The van der Waals surface area contributed by atoms with Crippen molar-refractivity contribution in [1.29, 1.82) is 0 Å². The lowest BCUT2D eigenvalue weighted by Crippen LogP contribution is -2.20. The summed E-state index contributed by atoms with van der Waals surface area (Å²) in [6.07, 6.45) is 6.00. The van der Waals surface area contributed by atoms with Gasteiger partial charge < -0.3 is 10.2 Å². The van der Waals surface area contributed by atoms with Crippen molar-refractivity contribution in [3.63, 3.8) is 0 Å². The number of thiazole rings is 1. The van der Waals surface area contributed by atoms with Gasteiger partial charge in [-0.1, -0.05) is 0 Å². The van der Waals surface area contributed by atoms with Gasteiger partial charge in [0.05, 0.1) is 11.9 Å². The Morgan fingerprint density at radius 3 is 3.00 bits per heavy atom. The molecule has 20 heavy (non-hydrogen) atoms. The molecule has 0 saturated carbocycles. The van der Waals surface area contributed by atoms with Crippen LogP contribution in [0.1, 0.15) is 11.3 Å². The van der Waals surface area contributed by atoms with Gasteiger partial charge in [-0.2, -0.15) is 5.10 Å². The number of hydrogen-bond acceptors (Lipinski definition) is 5. The minimum atomic E-state index is 0.796. The predicted molar refractivity (Wildman–Crippen MR) is 81.1 cm³/mol. The number of nitrogens with zero attached hydrogens (tertiary/aromatic N) is 5. The highest BCUT2D eigenvalue weighted by atomic mass is 32.1. The molecule has 0 amide bonds. The molecule has 3 aromatic rings. The smallest absolute Gasteiger partial charge is 0.195 e. The molecule has 0 atom stereocenters. The van der Waals surface area contributed by atoms with Crippen molar-refractivity contribution >= 4 is 22.1 Å². The van der Waals surface area contributed by atoms with Crippen molar-refractivity contribution in [2.45, 2.75) is 13.1 Å². The number of fused-ring (bicyclic) bond motifs is 1. The van der Waals surface area contributed by atoms with Crippen LogP contribution in [0.5, 0.6) is 0 Å². The highest BCUT2D eigenvalue weighted by Gasteiger charge is 2.16. The van der Waals surface area contributed by atoms with Crippen molar-refractivity contribution in [3.05, 3.63) is 35.2 Å². The molecule has 0 saturated heterocycles. The molecule has 0 radical (unpaired) electrons. The van der Waals surface area contributed by atoms with Crippen LogP contribution in [0.2, 0.25) is 0 Å². The first-order valence-electron chi connectivity index (χ1n) is 6.46. The maximum absolute atomic E-state index is 4.73. The quantitative estimate of drug-likeness (QED) is 0.773. The van der Waals surface area contributed by atoms with E-state index in [1.54, 1.807) is 11.3 Å². The largest absolute Gasteiger partial charge is 0.354 e. The molecule has 106 valence electrons. The summed E-state index contributed by atoms with van der Waals surface area (Å²) in [6, 6.07) is 0. The van der Waals surface area contributed by atoms with Crippen LogP contribution in [-0.2, 0) is 20.1 Å². The summed E-state index contributed by atoms with van der Waals surface area (Å²) >= 11 is 1.66. The molecule has 0 aliphatic carbocycles. The molecule has 3 heterocycles. The van der Waals surface area contributed by atoms with Crippen LogP contribution < -0.4 is 10.2 Å². The Hall–Kier alpha value is -1.86. The van der Waals surface area contributed by atoms with Gasteiger partial charge in [-0.15, -0.1) is 11.3 Å². The van der Waals surface area contributed by atoms with Gasteiger partial charge in [0, 0.05) is 50.5 Å². The second kappa shape index (κ2) is 5.26. The lowest BCUT2D eigenvalue weighted by molar-refractivity contribution is 0.764. The average Bonchev–Trinajstić information content (AvgIpc) is 3.08. The maximum atomic E-state index is 4.73. The monoisotopic (exact) mass is 290 g/mol. The zero-order chi connectivity index (χ0) is 14.1. The third-order valence-corrected chi connectivity index (χ3v) is 3.98. The standard InChI is InChI=1S/C13H18N6S/c1-14-7-11-12(16-13-19(11)4-5-20-13)17(2)8-10-6-15-18(3)9-10/h4-6,9,14H,7-8H2,1-3H3. The number of imidazole rings is 1. The molecule has 0 spiro atoms. The first kappa shape index (κ1) is 13.1. The van der Waals surface area contributed by atoms with E-state index in [4.69, 9.17) is 4.98 Å². The molecule has 0 aromatic carbocycles. The Kier molecular flexibility index (Phi) is 3.45. The fourth-order valence-electron chi connectivity index (χ4n) is 2.36. The Morgan fingerprint density at radius 2 is 2.30 bits per heavy atom. The fraction of sp³-hybridized carbons (Fsp3) is 0.385. The molecule has 7 heteroatoms. The highest BCUT2D eigenvalue weighted by molar-refractivity contribution is 7.15. The van der Waals surface area contributed by atoms with E-state index in [9.17, 15) is 0 Å². The van der Waals surface area contributed by atoms with E-state index >= 15 is 0 Å². The second-order valence-corrected chi connectivity index (χ2v) is 5.72. The van der Waals surface area contributed by atoms with E-state index in [2.05, 4.69) is 38.3 Å². The first-order chi connectivity index (χ1) is 9.69. The summed E-state index contributed by atoms with van der Waals surface area (Å²) in [5.74, 6) is 1.02. The minimum Gasteiger partial charge on any atom is -0.354 e. The molecule has 3 aromatic heterocycles.